The Balaban J connectivity index is -0.000000181. The molecule has 16 heavy (non-hydrogen) atoms. The van der Waals surface area contributed by atoms with Crippen LogP contribution in [0.3, 0.4) is 0 Å². The first-order valence-corrected chi connectivity index (χ1v) is 6.84. The van der Waals surface area contributed by atoms with Crippen LogP contribution < -0.4 is 5.32 Å². The summed E-state index contributed by atoms with van der Waals surface area (Å²) in [6, 6.07) is 0. The molecule has 1 saturated heterocycles. The Morgan fingerprint density at radius 1 is 1.00 bits per heavy atom. The van der Waals surface area contributed by atoms with Gasteiger partial charge >= 0.3 is 0 Å². The highest BCUT2D eigenvalue weighted by Crippen LogP contribution is 1.88. The van der Waals surface area contributed by atoms with E-state index in [0.717, 1.165) is 0 Å². The number of hydrogen-bond acceptors (Lipinski definition) is 2. The number of nitrogens with one attached hydrogen (secondary N) is 1. The van der Waals surface area contributed by atoms with E-state index in [-0.39, 0.29) is 6.67 Å². The van der Waals surface area contributed by atoms with Crippen molar-refractivity contribution in [3.05, 3.63) is 0 Å². The predicted octanol–water partition coefficient (Wildman–Crippen LogP) is 3.33. The lowest BCUT2D eigenvalue weighted by atomic mass is 10.4. The molecule has 0 atom stereocenters. The van der Waals surface area contributed by atoms with Crippen molar-refractivity contribution < 1.29 is 4.39 Å². The van der Waals surface area contributed by atoms with Gasteiger partial charge in [-0.3, -0.25) is 4.39 Å². The molecule has 1 N–H and O–H groups in total. The van der Waals surface area contributed by atoms with Gasteiger partial charge in [-0.25, -0.2) is 0 Å². The molecule has 0 unspecified atom stereocenters. The third-order valence-corrected chi connectivity index (χ3v) is 1.85. The summed E-state index contributed by atoms with van der Waals surface area (Å²) in [4.78, 5) is 2.45. The highest BCUT2D eigenvalue weighted by molar-refractivity contribution is 4.64. The second-order valence-corrected chi connectivity index (χ2v) is 2.87. The van der Waals surface area contributed by atoms with E-state index in [1.54, 1.807) is 6.92 Å². The first-order chi connectivity index (χ1) is 7.85. The van der Waals surface area contributed by atoms with E-state index in [0.29, 0.717) is 6.42 Å². The van der Waals surface area contributed by atoms with Crippen LogP contribution in [-0.4, -0.2) is 44.3 Å². The Bertz CT molecular complexity index is 82.0. The number of hydrogen-bond donors (Lipinski definition) is 1. The Labute approximate surface area is 103 Å². The fourth-order valence-corrected chi connectivity index (χ4v) is 1.03. The molecule has 1 fully saturated rings. The number of likely N-dealkylation sites (N-methyl/N-ethyl adjacent to an activating group) is 1. The molecule has 1 aliphatic heterocycles. The van der Waals surface area contributed by atoms with Gasteiger partial charge in [0.1, 0.15) is 0 Å². The predicted molar refractivity (Wildman–Crippen MR) is 73.9 cm³/mol. The Hall–Kier alpha value is -0.150. The maximum absolute atomic E-state index is 10.7. The summed E-state index contributed by atoms with van der Waals surface area (Å²) in [6.07, 6.45) is 0.653. The molecule has 1 heterocycles. The largest absolute Gasteiger partial charge is 0.314 e. The maximum atomic E-state index is 10.7. The molecule has 3 heteroatoms. The topological polar surface area (TPSA) is 15.3 Å². The van der Waals surface area contributed by atoms with Crippen molar-refractivity contribution in [2.75, 3.05) is 39.4 Å². The summed E-state index contributed by atoms with van der Waals surface area (Å²) in [5, 5.41) is 3.31. The quantitative estimate of drug-likeness (QED) is 0.791. The minimum Gasteiger partial charge on any atom is -0.314 e. The van der Waals surface area contributed by atoms with Gasteiger partial charge < -0.3 is 10.2 Å². The van der Waals surface area contributed by atoms with Crippen LogP contribution in [0.1, 0.15) is 48.0 Å². The fourth-order valence-electron chi connectivity index (χ4n) is 1.03. The summed E-state index contributed by atoms with van der Waals surface area (Å²) >= 11 is 0. The summed E-state index contributed by atoms with van der Waals surface area (Å²) in [7, 11) is 0. The van der Waals surface area contributed by atoms with Crippen LogP contribution in [0, 0.1) is 0 Å². The molecule has 0 amide bonds. The van der Waals surface area contributed by atoms with Gasteiger partial charge in [-0.15, -0.1) is 0 Å². The SMILES string of the molecule is CC.CC.CCCF.CCN1CCNCC1. The van der Waals surface area contributed by atoms with Crippen molar-refractivity contribution >= 4 is 0 Å². The van der Waals surface area contributed by atoms with Gasteiger partial charge in [-0.2, -0.15) is 0 Å². The van der Waals surface area contributed by atoms with Crippen molar-refractivity contribution in [3.63, 3.8) is 0 Å². The third-order valence-electron chi connectivity index (χ3n) is 1.85. The van der Waals surface area contributed by atoms with Gasteiger partial charge in [-0.1, -0.05) is 41.5 Å². The van der Waals surface area contributed by atoms with E-state index < -0.39 is 0 Å². The van der Waals surface area contributed by atoms with E-state index in [2.05, 4.69) is 17.1 Å². The van der Waals surface area contributed by atoms with Crippen molar-refractivity contribution in [2.45, 2.75) is 48.0 Å². The molecule has 2 nitrogen and oxygen atoms in total. The molecule has 0 bridgehead atoms. The molecule has 0 saturated carbocycles. The van der Waals surface area contributed by atoms with Gasteiger partial charge in [-0.05, 0) is 13.0 Å². The smallest absolute Gasteiger partial charge is 0.0891 e. The van der Waals surface area contributed by atoms with Crippen molar-refractivity contribution in [3.8, 4) is 0 Å². The van der Waals surface area contributed by atoms with Crippen molar-refractivity contribution in [1.82, 2.24) is 10.2 Å². The molecular formula is C13H33FN2. The van der Waals surface area contributed by atoms with Crippen molar-refractivity contribution in [2.24, 2.45) is 0 Å². The van der Waals surface area contributed by atoms with Crippen LogP contribution in [0.2, 0.25) is 0 Å². The number of nitrogens with zero attached hydrogens (tertiary/aromatic N) is 1. The van der Waals surface area contributed by atoms with E-state index in [4.69, 9.17) is 0 Å². The molecule has 1 rings (SSSR count). The number of piperazine rings is 1. The van der Waals surface area contributed by atoms with Gasteiger partial charge in [0, 0.05) is 26.2 Å². The summed E-state index contributed by atoms with van der Waals surface area (Å²) in [5.74, 6) is 0. The average molecular weight is 236 g/mol. The average Bonchev–Trinajstić information content (AvgIpc) is 2.44. The zero-order valence-corrected chi connectivity index (χ0v) is 12.3. The van der Waals surface area contributed by atoms with Gasteiger partial charge in [0.15, 0.2) is 0 Å². The van der Waals surface area contributed by atoms with Gasteiger partial charge in [0.2, 0.25) is 0 Å². The van der Waals surface area contributed by atoms with E-state index >= 15 is 0 Å². The molecule has 0 aromatic rings. The first-order valence-electron chi connectivity index (χ1n) is 6.84. The molecule has 0 aliphatic carbocycles. The minimum absolute atomic E-state index is 0.181. The second kappa shape index (κ2) is 24.2. The maximum Gasteiger partial charge on any atom is 0.0891 e. The Morgan fingerprint density at radius 3 is 1.56 bits per heavy atom. The molecule has 0 radical (unpaired) electrons. The van der Waals surface area contributed by atoms with Crippen LogP contribution in [0.4, 0.5) is 4.39 Å². The second-order valence-electron chi connectivity index (χ2n) is 2.87. The fraction of sp³-hybridized carbons (Fsp3) is 1.00. The molecule has 0 aromatic heterocycles. The summed E-state index contributed by atoms with van der Waals surface area (Å²) in [5.41, 5.74) is 0. The lowest BCUT2D eigenvalue weighted by molar-refractivity contribution is 0.253. The van der Waals surface area contributed by atoms with Crippen LogP contribution >= 0.6 is 0 Å². The van der Waals surface area contributed by atoms with E-state index in [9.17, 15) is 4.39 Å². The first kappa shape index (κ1) is 21.2. The van der Waals surface area contributed by atoms with Gasteiger partial charge in [0.25, 0.3) is 0 Å². The molecular weight excluding hydrogens is 203 g/mol. The molecule has 0 spiro atoms. The number of alkyl halides is 1. The Kier molecular flexibility index (Phi) is 32.0. The lowest BCUT2D eigenvalue weighted by Gasteiger charge is -2.25. The zero-order chi connectivity index (χ0) is 13.2. The Morgan fingerprint density at radius 2 is 1.38 bits per heavy atom. The summed E-state index contributed by atoms with van der Waals surface area (Å²) < 4.78 is 10.7. The minimum atomic E-state index is -0.181. The van der Waals surface area contributed by atoms with Crippen LogP contribution in [0.15, 0.2) is 0 Å². The zero-order valence-electron chi connectivity index (χ0n) is 12.3. The van der Waals surface area contributed by atoms with Crippen LogP contribution in [-0.2, 0) is 0 Å². The highest BCUT2D eigenvalue weighted by atomic mass is 19.1. The van der Waals surface area contributed by atoms with Crippen LogP contribution in [0.5, 0.6) is 0 Å². The monoisotopic (exact) mass is 236 g/mol. The van der Waals surface area contributed by atoms with E-state index in [1.807, 2.05) is 27.7 Å². The number of rotatable bonds is 2. The highest BCUT2D eigenvalue weighted by Gasteiger charge is 2.04. The standard InChI is InChI=1S/C6H14N2.C3H7F.2C2H6/c1-2-8-5-3-7-4-6-8;1-2-3-4;2*1-2/h7H,2-6H2,1H3;2-3H2,1H3;2*1-2H3. The third kappa shape index (κ3) is 19.4. The normalized spacial score (nSPS) is 14.4. The molecule has 102 valence electrons. The molecule has 1 aliphatic rings. The van der Waals surface area contributed by atoms with Crippen LogP contribution in [0.25, 0.3) is 0 Å². The van der Waals surface area contributed by atoms with Gasteiger partial charge in [0.05, 0.1) is 6.67 Å². The lowest BCUT2D eigenvalue weighted by Crippen LogP contribution is -2.43. The summed E-state index contributed by atoms with van der Waals surface area (Å²) in [6.45, 7) is 17.9. The van der Waals surface area contributed by atoms with E-state index in [1.165, 1.54) is 32.7 Å². The molecule has 0 aromatic carbocycles. The number of halogens is 1. The van der Waals surface area contributed by atoms with Crippen molar-refractivity contribution in [1.29, 1.82) is 0 Å².